The summed E-state index contributed by atoms with van der Waals surface area (Å²) < 4.78 is 46.7. The Morgan fingerprint density at radius 1 is 0.883 bits per heavy atom. The second kappa shape index (κ2) is 19.9. The maximum absolute atomic E-state index is 13.3. The summed E-state index contributed by atoms with van der Waals surface area (Å²) in [6.07, 6.45) is 0.291. The van der Waals surface area contributed by atoms with Crippen LogP contribution in [0.5, 0.6) is 28.7 Å². The molecule has 13 nitrogen and oxygen atoms in total. The first-order valence-corrected chi connectivity index (χ1v) is 20.1. The highest BCUT2D eigenvalue weighted by atomic mass is 16.7. The van der Waals surface area contributed by atoms with Gasteiger partial charge in [-0.15, -0.1) is 0 Å². The highest BCUT2D eigenvalue weighted by Gasteiger charge is 2.36. The van der Waals surface area contributed by atoms with Gasteiger partial charge >= 0.3 is 12.1 Å². The number of nitrogens with zero attached hydrogens (tertiary/aromatic N) is 1. The first-order chi connectivity index (χ1) is 28.5. The van der Waals surface area contributed by atoms with E-state index in [1.807, 2.05) is 45.9 Å². The molecule has 4 aromatic rings. The minimum Gasteiger partial charge on any atom is -0.489 e. The number of para-hydroxylation sites is 1. The molecule has 4 aromatic carbocycles. The number of hydrogen-bond acceptors (Lipinski definition) is 11. The number of amides is 2. The lowest BCUT2D eigenvalue weighted by atomic mass is 9.87. The van der Waals surface area contributed by atoms with E-state index in [0.717, 1.165) is 45.7 Å². The fourth-order valence-corrected chi connectivity index (χ4v) is 6.71. The predicted octanol–water partition coefficient (Wildman–Crippen LogP) is 8.70. The van der Waals surface area contributed by atoms with Crippen LogP contribution in [0.3, 0.4) is 0 Å². The molecule has 1 heterocycles. The summed E-state index contributed by atoms with van der Waals surface area (Å²) in [7, 11) is 3.17. The number of esters is 1. The monoisotopic (exact) mass is 826 g/mol. The smallest absolute Gasteiger partial charge is 0.414 e. The topological polar surface area (TPSA) is 140 Å². The van der Waals surface area contributed by atoms with Gasteiger partial charge < -0.3 is 43.2 Å². The SMILES string of the molecule is CCOC(=O)C(Cc1ccc(OCC(=O)Nc2ccc(OCC3(C)CCc4c(C)c(OCOC)c(C)c(C)c4O3)cc2N(C)C(=O)OC(C)(C)C)cc1)Oc1ccccc1. The van der Waals surface area contributed by atoms with Crippen LogP contribution in [0.25, 0.3) is 0 Å². The molecule has 0 aliphatic carbocycles. The molecule has 0 fully saturated rings. The number of carbonyl (C=O) groups is 3. The van der Waals surface area contributed by atoms with Gasteiger partial charge in [-0.1, -0.05) is 30.3 Å². The molecule has 0 radical (unpaired) electrons. The summed E-state index contributed by atoms with van der Waals surface area (Å²) in [6, 6.07) is 21.2. The first kappa shape index (κ1) is 45.1. The third kappa shape index (κ3) is 11.8. The number of nitrogens with one attached hydrogen (secondary N) is 1. The van der Waals surface area contributed by atoms with Gasteiger partial charge in [0.2, 0.25) is 0 Å². The number of ether oxygens (including phenoxy) is 8. The van der Waals surface area contributed by atoms with Gasteiger partial charge in [0.15, 0.2) is 19.5 Å². The summed E-state index contributed by atoms with van der Waals surface area (Å²) in [5.74, 6) is 2.22. The van der Waals surface area contributed by atoms with E-state index in [1.54, 1.807) is 96.4 Å². The first-order valence-electron chi connectivity index (χ1n) is 20.1. The summed E-state index contributed by atoms with van der Waals surface area (Å²) in [4.78, 5) is 40.6. The Bertz CT molecular complexity index is 2110. The lowest BCUT2D eigenvalue weighted by molar-refractivity contribution is -0.151. The van der Waals surface area contributed by atoms with Crippen LogP contribution in [0, 0.1) is 20.8 Å². The van der Waals surface area contributed by atoms with Gasteiger partial charge in [0, 0.05) is 32.2 Å². The molecule has 2 amide bonds. The summed E-state index contributed by atoms with van der Waals surface area (Å²) >= 11 is 0. The molecule has 2 unspecified atom stereocenters. The molecule has 1 N–H and O–H groups in total. The van der Waals surface area contributed by atoms with Crippen molar-refractivity contribution in [3.05, 3.63) is 101 Å². The van der Waals surface area contributed by atoms with E-state index in [2.05, 4.69) is 5.32 Å². The number of fused-ring (bicyclic) bond motifs is 1. The molecule has 1 aliphatic rings. The number of rotatable bonds is 17. The molecular weight excluding hydrogens is 769 g/mol. The number of hydrogen-bond donors (Lipinski definition) is 1. The maximum atomic E-state index is 13.3. The third-order valence-electron chi connectivity index (χ3n) is 9.99. The minimum absolute atomic E-state index is 0.164. The van der Waals surface area contributed by atoms with Crippen molar-refractivity contribution in [3.8, 4) is 28.7 Å². The largest absolute Gasteiger partial charge is 0.489 e. The number of methoxy groups -OCH3 is 1. The highest BCUT2D eigenvalue weighted by Crippen LogP contribution is 2.44. The highest BCUT2D eigenvalue weighted by molar-refractivity contribution is 5.99. The van der Waals surface area contributed by atoms with Gasteiger partial charge in [-0.25, -0.2) is 9.59 Å². The lowest BCUT2D eigenvalue weighted by Crippen LogP contribution is -2.42. The molecule has 0 saturated heterocycles. The maximum Gasteiger partial charge on any atom is 0.414 e. The molecule has 60 heavy (non-hydrogen) atoms. The van der Waals surface area contributed by atoms with Crippen LogP contribution in [0.1, 0.15) is 68.9 Å². The average molecular weight is 827 g/mol. The molecule has 13 heteroatoms. The summed E-state index contributed by atoms with van der Waals surface area (Å²) in [6.45, 7) is 15.5. The van der Waals surface area contributed by atoms with Crippen LogP contribution in [0.2, 0.25) is 0 Å². The van der Waals surface area contributed by atoms with Crippen LogP contribution in [-0.2, 0) is 36.6 Å². The molecular formula is C47H58N2O11. The van der Waals surface area contributed by atoms with Crippen LogP contribution < -0.4 is 33.9 Å². The summed E-state index contributed by atoms with van der Waals surface area (Å²) in [5.41, 5.74) is 4.27. The molecule has 2 atom stereocenters. The Morgan fingerprint density at radius 2 is 1.58 bits per heavy atom. The number of benzene rings is 4. The van der Waals surface area contributed by atoms with E-state index in [0.29, 0.717) is 35.0 Å². The van der Waals surface area contributed by atoms with Crippen molar-refractivity contribution < 1.29 is 52.3 Å². The number of carbonyl (C=O) groups excluding carboxylic acids is 3. The molecule has 0 aromatic heterocycles. The van der Waals surface area contributed by atoms with E-state index in [-0.39, 0.29) is 33.0 Å². The van der Waals surface area contributed by atoms with E-state index < -0.39 is 35.3 Å². The Labute approximate surface area is 353 Å². The Hall–Kier alpha value is -5.95. The van der Waals surface area contributed by atoms with E-state index in [1.165, 1.54) is 4.90 Å². The fraction of sp³-hybridized carbons (Fsp3) is 0.426. The molecule has 0 spiro atoms. The zero-order chi connectivity index (χ0) is 43.6. The second-order valence-electron chi connectivity index (χ2n) is 16.0. The normalized spacial score (nSPS) is 15.1. The van der Waals surface area contributed by atoms with Crippen molar-refractivity contribution in [3.63, 3.8) is 0 Å². The van der Waals surface area contributed by atoms with E-state index in [4.69, 9.17) is 37.9 Å². The average Bonchev–Trinajstić information content (AvgIpc) is 3.21. The van der Waals surface area contributed by atoms with E-state index >= 15 is 0 Å². The van der Waals surface area contributed by atoms with Crippen molar-refractivity contribution in [2.45, 2.75) is 92.0 Å². The van der Waals surface area contributed by atoms with Crippen molar-refractivity contribution in [1.82, 2.24) is 0 Å². The van der Waals surface area contributed by atoms with Crippen molar-refractivity contribution in [1.29, 1.82) is 0 Å². The minimum atomic E-state index is -0.843. The third-order valence-corrected chi connectivity index (χ3v) is 9.99. The zero-order valence-electron chi connectivity index (χ0n) is 36.4. The van der Waals surface area contributed by atoms with Crippen LogP contribution in [0.4, 0.5) is 16.2 Å². The second-order valence-corrected chi connectivity index (χ2v) is 16.0. The molecule has 0 saturated carbocycles. The van der Waals surface area contributed by atoms with Gasteiger partial charge in [-0.05, 0) is 127 Å². The predicted molar refractivity (Wildman–Crippen MR) is 229 cm³/mol. The van der Waals surface area contributed by atoms with Crippen molar-refractivity contribution in [2.24, 2.45) is 0 Å². The molecule has 5 rings (SSSR count). The van der Waals surface area contributed by atoms with Gasteiger partial charge in [-0.2, -0.15) is 0 Å². The van der Waals surface area contributed by atoms with Crippen molar-refractivity contribution in [2.75, 3.05) is 51.0 Å². The Kier molecular flexibility index (Phi) is 14.9. The van der Waals surface area contributed by atoms with Crippen LogP contribution >= 0.6 is 0 Å². The quantitative estimate of drug-likeness (QED) is 0.0808. The Morgan fingerprint density at radius 3 is 2.25 bits per heavy atom. The molecule has 322 valence electrons. The molecule has 0 bridgehead atoms. The van der Waals surface area contributed by atoms with Gasteiger partial charge in [-0.3, -0.25) is 9.69 Å². The van der Waals surface area contributed by atoms with Crippen LogP contribution in [-0.4, -0.2) is 76.0 Å². The van der Waals surface area contributed by atoms with Gasteiger partial charge in [0.25, 0.3) is 5.91 Å². The summed E-state index contributed by atoms with van der Waals surface area (Å²) in [5, 5.41) is 2.87. The number of anilines is 2. The fourth-order valence-electron chi connectivity index (χ4n) is 6.71. The Balaban J connectivity index is 1.26. The van der Waals surface area contributed by atoms with Crippen LogP contribution in [0.15, 0.2) is 72.8 Å². The van der Waals surface area contributed by atoms with E-state index in [9.17, 15) is 14.4 Å². The van der Waals surface area contributed by atoms with Gasteiger partial charge in [0.05, 0.1) is 18.0 Å². The molecule has 1 aliphatic heterocycles. The lowest BCUT2D eigenvalue weighted by Gasteiger charge is -2.38. The van der Waals surface area contributed by atoms with Gasteiger partial charge in [0.1, 0.15) is 46.6 Å². The standard InChI is InChI=1S/C47H58N2O11/c1-11-54-44(51)40(58-35-15-13-12-14-16-35)25-33-17-19-34(20-18-33)55-27-41(50)48-38-22-21-36(26-39(38)49(9)45(52)60-46(5,6)7)56-28-47(8)24-23-37-32(4)42(57-29-53-10)30(2)31(3)43(37)59-47/h12-22,26,40H,11,23-25,27-29H2,1-10H3,(H,48,50). The van der Waals surface area contributed by atoms with Crippen molar-refractivity contribution >= 4 is 29.3 Å². The zero-order valence-corrected chi connectivity index (χ0v) is 36.4.